The Hall–Kier alpha value is -2.60. The number of esters is 2. The Morgan fingerprint density at radius 3 is 2.54 bits per heavy atom. The van der Waals surface area contributed by atoms with Crippen LogP contribution in [-0.2, 0) is 11.8 Å². The van der Waals surface area contributed by atoms with E-state index < -0.39 is 5.97 Å². The maximum atomic E-state index is 12.4. The van der Waals surface area contributed by atoms with Gasteiger partial charge in [0.25, 0.3) is 0 Å². The minimum atomic E-state index is -0.470. The van der Waals surface area contributed by atoms with Crippen molar-refractivity contribution in [1.82, 2.24) is 4.57 Å². The van der Waals surface area contributed by atoms with Crippen LogP contribution in [0.15, 0.2) is 46.9 Å². The Morgan fingerprint density at radius 1 is 1.12 bits per heavy atom. The molecule has 5 nitrogen and oxygen atoms in total. The quantitative estimate of drug-likeness (QED) is 0.459. The van der Waals surface area contributed by atoms with Gasteiger partial charge in [0.2, 0.25) is 0 Å². The normalized spacial score (nSPS) is 10.8. The number of ether oxygens (including phenoxy) is 2. The number of hydrogen-bond acceptors (Lipinski definition) is 4. The van der Waals surface area contributed by atoms with Crippen LogP contribution in [0.2, 0.25) is 0 Å². The van der Waals surface area contributed by atoms with Crippen LogP contribution < -0.4 is 4.74 Å². The lowest BCUT2D eigenvalue weighted by Gasteiger charge is -2.07. The third-order valence-electron chi connectivity index (χ3n) is 4.25. The molecule has 0 N–H and O–H groups in total. The van der Waals surface area contributed by atoms with Gasteiger partial charge in [-0.05, 0) is 60.1 Å². The lowest BCUT2D eigenvalue weighted by Crippen LogP contribution is -2.09. The van der Waals surface area contributed by atoms with Crippen LogP contribution in [0.1, 0.15) is 33.3 Å². The molecule has 3 aromatic rings. The topological polar surface area (TPSA) is 57.5 Å². The minimum absolute atomic E-state index is 0.297. The van der Waals surface area contributed by atoms with Crippen molar-refractivity contribution in [3.05, 3.63) is 63.8 Å². The molecule has 0 aliphatic carbocycles. The largest absolute Gasteiger partial charge is 0.462 e. The first-order valence-electron chi connectivity index (χ1n) is 8.17. The van der Waals surface area contributed by atoms with Gasteiger partial charge in [0.1, 0.15) is 5.75 Å². The molecule has 26 heavy (non-hydrogen) atoms. The van der Waals surface area contributed by atoms with Gasteiger partial charge >= 0.3 is 11.9 Å². The van der Waals surface area contributed by atoms with Crippen molar-refractivity contribution in [2.75, 3.05) is 6.61 Å². The summed E-state index contributed by atoms with van der Waals surface area (Å²) in [5, 5.41) is 0.695. The Bertz CT molecular complexity index is 1010. The summed E-state index contributed by atoms with van der Waals surface area (Å²) in [6, 6.07) is 12.3. The maximum absolute atomic E-state index is 12.4. The molecule has 0 saturated carbocycles. The number of aryl methyl sites for hydroxylation is 1. The third-order valence-corrected chi connectivity index (χ3v) is 4.94. The Balaban J connectivity index is 2.01. The molecule has 0 fully saturated rings. The fourth-order valence-electron chi connectivity index (χ4n) is 2.86. The zero-order chi connectivity index (χ0) is 18.8. The summed E-state index contributed by atoms with van der Waals surface area (Å²) in [5.74, 6) is -0.485. The summed E-state index contributed by atoms with van der Waals surface area (Å²) in [6.07, 6.45) is 0. The molecule has 0 spiro atoms. The van der Waals surface area contributed by atoms with Gasteiger partial charge in [0, 0.05) is 28.1 Å². The van der Waals surface area contributed by atoms with E-state index in [0.717, 1.165) is 11.2 Å². The van der Waals surface area contributed by atoms with E-state index in [0.29, 0.717) is 33.3 Å². The summed E-state index contributed by atoms with van der Waals surface area (Å²) in [7, 11) is 1.88. The maximum Gasteiger partial charge on any atom is 0.344 e. The van der Waals surface area contributed by atoms with Crippen molar-refractivity contribution < 1.29 is 19.1 Å². The van der Waals surface area contributed by atoms with Gasteiger partial charge in [-0.15, -0.1) is 0 Å². The summed E-state index contributed by atoms with van der Waals surface area (Å²) in [5.41, 5.74) is 2.59. The zero-order valence-electron chi connectivity index (χ0n) is 14.7. The molecule has 0 aliphatic heterocycles. The first-order chi connectivity index (χ1) is 12.4. The molecule has 0 amide bonds. The molecular formula is C20H18BrNO4. The first-order valence-corrected chi connectivity index (χ1v) is 8.96. The molecule has 2 aromatic carbocycles. The fraction of sp³-hybridized carbons (Fsp3) is 0.200. The fourth-order valence-corrected chi connectivity index (χ4v) is 3.31. The molecule has 3 rings (SSSR count). The predicted octanol–water partition coefficient (Wildman–Crippen LogP) is 4.65. The highest BCUT2D eigenvalue weighted by atomic mass is 79.9. The molecule has 0 saturated heterocycles. The van der Waals surface area contributed by atoms with Gasteiger partial charge in [0.15, 0.2) is 0 Å². The molecule has 1 aromatic heterocycles. The average molecular weight is 416 g/mol. The number of halogens is 1. The molecule has 0 unspecified atom stereocenters. The SMILES string of the molecule is CCOC(=O)c1c(C)n(C)c2ccc(OC(=O)c3ccccc3Br)cc12. The van der Waals surface area contributed by atoms with Crippen LogP contribution in [0, 0.1) is 6.92 Å². The highest BCUT2D eigenvalue weighted by Crippen LogP contribution is 2.30. The van der Waals surface area contributed by atoms with Crippen molar-refractivity contribution >= 4 is 38.8 Å². The smallest absolute Gasteiger partial charge is 0.344 e. The monoisotopic (exact) mass is 415 g/mol. The van der Waals surface area contributed by atoms with Crippen LogP contribution in [0.25, 0.3) is 10.9 Å². The van der Waals surface area contributed by atoms with Crippen LogP contribution in [0.4, 0.5) is 0 Å². The van der Waals surface area contributed by atoms with E-state index in [4.69, 9.17) is 9.47 Å². The van der Waals surface area contributed by atoms with E-state index in [1.807, 2.05) is 30.7 Å². The van der Waals surface area contributed by atoms with Crippen LogP contribution in [0.3, 0.4) is 0 Å². The van der Waals surface area contributed by atoms with E-state index in [1.165, 1.54) is 0 Å². The van der Waals surface area contributed by atoms with Crippen molar-refractivity contribution in [2.45, 2.75) is 13.8 Å². The summed E-state index contributed by atoms with van der Waals surface area (Å²) in [4.78, 5) is 24.8. The van der Waals surface area contributed by atoms with Gasteiger partial charge in [-0.25, -0.2) is 9.59 Å². The molecular weight excluding hydrogens is 398 g/mol. The van der Waals surface area contributed by atoms with Crippen LogP contribution >= 0.6 is 15.9 Å². The Morgan fingerprint density at radius 2 is 1.85 bits per heavy atom. The van der Waals surface area contributed by atoms with E-state index in [-0.39, 0.29) is 5.97 Å². The highest BCUT2D eigenvalue weighted by molar-refractivity contribution is 9.10. The van der Waals surface area contributed by atoms with Gasteiger partial charge in [-0.2, -0.15) is 0 Å². The number of rotatable bonds is 4. The summed E-state index contributed by atoms with van der Waals surface area (Å²) >= 11 is 3.35. The van der Waals surface area contributed by atoms with Crippen molar-refractivity contribution in [1.29, 1.82) is 0 Å². The van der Waals surface area contributed by atoms with Gasteiger partial charge in [-0.3, -0.25) is 0 Å². The average Bonchev–Trinajstić information content (AvgIpc) is 2.86. The first kappa shape index (κ1) is 18.2. The second kappa shape index (κ2) is 7.33. The Kier molecular flexibility index (Phi) is 5.13. The van der Waals surface area contributed by atoms with E-state index in [1.54, 1.807) is 37.3 Å². The number of carbonyl (C=O) groups excluding carboxylic acids is 2. The lowest BCUT2D eigenvalue weighted by molar-refractivity contribution is 0.0527. The van der Waals surface area contributed by atoms with E-state index >= 15 is 0 Å². The predicted molar refractivity (Wildman–Crippen MR) is 103 cm³/mol. The van der Waals surface area contributed by atoms with Crippen LogP contribution in [-0.4, -0.2) is 23.1 Å². The second-order valence-electron chi connectivity index (χ2n) is 5.79. The van der Waals surface area contributed by atoms with Crippen LogP contribution in [0.5, 0.6) is 5.75 Å². The number of fused-ring (bicyclic) bond motifs is 1. The molecule has 134 valence electrons. The van der Waals surface area contributed by atoms with E-state index in [2.05, 4.69) is 15.9 Å². The number of nitrogens with zero attached hydrogens (tertiary/aromatic N) is 1. The molecule has 0 bridgehead atoms. The van der Waals surface area contributed by atoms with Crippen molar-refractivity contribution in [2.24, 2.45) is 7.05 Å². The lowest BCUT2D eigenvalue weighted by atomic mass is 10.1. The standard InChI is InChI=1S/C20H18BrNO4/c1-4-25-20(24)18-12(2)22(3)17-10-9-13(11-15(17)18)26-19(23)14-7-5-6-8-16(14)21/h5-11H,4H2,1-3H3. The summed E-state index contributed by atoms with van der Waals surface area (Å²) < 4.78 is 13.3. The van der Waals surface area contributed by atoms with Gasteiger partial charge in [0.05, 0.1) is 17.7 Å². The van der Waals surface area contributed by atoms with Crippen molar-refractivity contribution in [3.63, 3.8) is 0 Å². The molecule has 0 radical (unpaired) electrons. The highest BCUT2D eigenvalue weighted by Gasteiger charge is 2.21. The number of benzene rings is 2. The van der Waals surface area contributed by atoms with Gasteiger partial charge in [-0.1, -0.05) is 12.1 Å². The molecule has 6 heteroatoms. The number of aromatic nitrogens is 1. The van der Waals surface area contributed by atoms with Gasteiger partial charge < -0.3 is 14.0 Å². The minimum Gasteiger partial charge on any atom is -0.462 e. The van der Waals surface area contributed by atoms with E-state index in [9.17, 15) is 9.59 Å². The molecule has 0 aliphatic rings. The Labute approximate surface area is 159 Å². The third kappa shape index (κ3) is 3.24. The molecule has 0 atom stereocenters. The number of hydrogen-bond donors (Lipinski definition) is 0. The zero-order valence-corrected chi connectivity index (χ0v) is 16.3. The molecule has 1 heterocycles. The second-order valence-corrected chi connectivity index (χ2v) is 6.64. The number of carbonyl (C=O) groups is 2. The summed E-state index contributed by atoms with van der Waals surface area (Å²) in [6.45, 7) is 3.92. The van der Waals surface area contributed by atoms with Crippen molar-refractivity contribution in [3.8, 4) is 5.75 Å².